The Morgan fingerprint density at radius 1 is 1.67 bits per heavy atom. The zero-order valence-electron chi connectivity index (χ0n) is 13.9. The van der Waals surface area contributed by atoms with Gasteiger partial charge in [-0.25, -0.2) is 9.80 Å². The van der Waals surface area contributed by atoms with E-state index in [2.05, 4.69) is 10.4 Å². The molecule has 0 spiro atoms. The summed E-state index contributed by atoms with van der Waals surface area (Å²) in [5.74, 6) is 0.558. The van der Waals surface area contributed by atoms with Crippen LogP contribution in [0.3, 0.4) is 0 Å². The highest BCUT2D eigenvalue weighted by Gasteiger charge is 2.49. The van der Waals surface area contributed by atoms with Crippen LogP contribution in [0.1, 0.15) is 39.4 Å². The maximum absolute atomic E-state index is 12.2. The SMILES string of the molecule is CCCCNC(=O)N(O)[C@H]1N(/N=C\c2ccco2)C(=S)SC1(C)C. The van der Waals surface area contributed by atoms with Gasteiger partial charge in [0.2, 0.25) is 0 Å². The standard InChI is InChI=1S/C15H22N4O3S2/c1-4-5-8-16-13(20)19(21)12-15(2,3)24-14(23)18(12)17-10-11-7-6-9-22-11/h6-7,9-10,12,21H,4-5,8H2,1-3H3,(H,16,20)/b17-10-/t12-/m1/s1. The summed E-state index contributed by atoms with van der Waals surface area (Å²) in [6.07, 6.45) is 4.13. The number of hydrogen-bond donors (Lipinski definition) is 2. The number of urea groups is 1. The van der Waals surface area contributed by atoms with E-state index >= 15 is 0 Å². The molecule has 9 heteroatoms. The maximum Gasteiger partial charge on any atom is 0.343 e. The zero-order chi connectivity index (χ0) is 17.7. The molecule has 1 aliphatic rings. The number of nitrogens with one attached hydrogen (secondary N) is 1. The molecule has 0 saturated carbocycles. The van der Waals surface area contributed by atoms with Gasteiger partial charge in [-0.05, 0) is 32.4 Å². The summed E-state index contributed by atoms with van der Waals surface area (Å²) >= 11 is 6.73. The van der Waals surface area contributed by atoms with E-state index in [1.165, 1.54) is 23.0 Å². The number of hydrazone groups is 1. The van der Waals surface area contributed by atoms with Crippen molar-refractivity contribution in [1.82, 2.24) is 15.4 Å². The molecule has 1 aromatic rings. The van der Waals surface area contributed by atoms with E-state index in [1.807, 2.05) is 20.8 Å². The lowest BCUT2D eigenvalue weighted by atomic mass is 10.1. The molecular weight excluding hydrogens is 348 g/mol. The minimum absolute atomic E-state index is 0.480. The van der Waals surface area contributed by atoms with Crippen LogP contribution in [0.5, 0.6) is 0 Å². The van der Waals surface area contributed by atoms with E-state index in [9.17, 15) is 10.0 Å². The molecule has 2 heterocycles. The maximum atomic E-state index is 12.2. The highest BCUT2D eigenvalue weighted by Crippen LogP contribution is 2.42. The number of hydrogen-bond acceptors (Lipinski definition) is 6. The van der Waals surface area contributed by atoms with E-state index in [-0.39, 0.29) is 0 Å². The smallest absolute Gasteiger partial charge is 0.343 e. The number of hydroxylamine groups is 2. The first-order chi connectivity index (χ1) is 11.4. The Bertz CT molecular complexity index is 604. The minimum atomic E-state index is -0.720. The Balaban J connectivity index is 2.15. The van der Waals surface area contributed by atoms with Gasteiger partial charge in [-0.2, -0.15) is 10.2 Å². The van der Waals surface area contributed by atoms with Gasteiger partial charge in [0.25, 0.3) is 0 Å². The largest absolute Gasteiger partial charge is 0.463 e. The van der Waals surface area contributed by atoms with Gasteiger partial charge in [-0.3, -0.25) is 5.21 Å². The van der Waals surface area contributed by atoms with Gasteiger partial charge in [0.05, 0.1) is 17.2 Å². The predicted molar refractivity (Wildman–Crippen MR) is 98.1 cm³/mol. The fourth-order valence-electron chi connectivity index (χ4n) is 2.28. The van der Waals surface area contributed by atoms with Crippen LogP contribution in [0.2, 0.25) is 0 Å². The summed E-state index contributed by atoms with van der Waals surface area (Å²) in [6.45, 7) is 6.34. The predicted octanol–water partition coefficient (Wildman–Crippen LogP) is 3.25. The Hall–Kier alpha value is -1.58. The van der Waals surface area contributed by atoms with Crippen molar-refractivity contribution < 1.29 is 14.4 Å². The molecular formula is C15H22N4O3S2. The molecule has 24 heavy (non-hydrogen) atoms. The van der Waals surface area contributed by atoms with Crippen molar-refractivity contribution in [2.24, 2.45) is 5.10 Å². The highest BCUT2D eigenvalue weighted by molar-refractivity contribution is 8.24. The third-order valence-corrected chi connectivity index (χ3v) is 5.03. The average Bonchev–Trinajstić information content (AvgIpc) is 3.10. The molecule has 7 nitrogen and oxygen atoms in total. The molecule has 0 aliphatic carbocycles. The molecule has 0 aromatic carbocycles. The van der Waals surface area contributed by atoms with Crippen LogP contribution < -0.4 is 5.32 Å². The molecule has 1 aliphatic heterocycles. The van der Waals surface area contributed by atoms with Crippen LogP contribution in [-0.2, 0) is 0 Å². The van der Waals surface area contributed by atoms with Crippen molar-refractivity contribution in [1.29, 1.82) is 0 Å². The Morgan fingerprint density at radius 2 is 2.42 bits per heavy atom. The van der Waals surface area contributed by atoms with Gasteiger partial charge in [-0.15, -0.1) is 0 Å². The number of carbonyl (C=O) groups excluding carboxylic acids is 1. The minimum Gasteiger partial charge on any atom is -0.463 e. The molecule has 2 rings (SSSR count). The van der Waals surface area contributed by atoms with E-state index in [1.54, 1.807) is 18.4 Å². The topological polar surface area (TPSA) is 81.3 Å². The van der Waals surface area contributed by atoms with Crippen molar-refractivity contribution in [3.63, 3.8) is 0 Å². The zero-order valence-corrected chi connectivity index (χ0v) is 15.6. The first-order valence-electron chi connectivity index (χ1n) is 7.72. The molecule has 1 atom stereocenters. The van der Waals surface area contributed by atoms with Gasteiger partial charge in [0.1, 0.15) is 5.76 Å². The third-order valence-electron chi connectivity index (χ3n) is 3.49. The number of carbonyl (C=O) groups is 1. The lowest BCUT2D eigenvalue weighted by Gasteiger charge is -2.34. The number of nitrogens with zero attached hydrogens (tertiary/aromatic N) is 3. The summed E-state index contributed by atoms with van der Waals surface area (Å²) in [5, 5.41) is 19.5. The van der Waals surface area contributed by atoms with Crippen LogP contribution in [0.15, 0.2) is 27.9 Å². The first-order valence-corrected chi connectivity index (χ1v) is 8.95. The van der Waals surface area contributed by atoms with Crippen molar-refractivity contribution in [3.8, 4) is 0 Å². The van der Waals surface area contributed by atoms with E-state index in [0.29, 0.717) is 21.7 Å². The third kappa shape index (κ3) is 4.28. The molecule has 2 N–H and O–H groups in total. The lowest BCUT2D eigenvalue weighted by Crippen LogP contribution is -2.55. The van der Waals surface area contributed by atoms with E-state index in [4.69, 9.17) is 16.6 Å². The quantitative estimate of drug-likeness (QED) is 0.263. The lowest BCUT2D eigenvalue weighted by molar-refractivity contribution is -0.118. The van der Waals surface area contributed by atoms with Gasteiger partial charge < -0.3 is 9.73 Å². The first kappa shape index (κ1) is 18.8. The Morgan fingerprint density at radius 3 is 3.04 bits per heavy atom. The summed E-state index contributed by atoms with van der Waals surface area (Å²) < 4.78 is 5.17. The van der Waals surface area contributed by atoms with Crippen LogP contribution in [0.25, 0.3) is 0 Å². The molecule has 1 fully saturated rings. The van der Waals surface area contributed by atoms with Crippen molar-refractivity contribution in [2.75, 3.05) is 6.54 Å². The Labute approximate surface area is 151 Å². The van der Waals surface area contributed by atoms with Gasteiger partial charge in [-0.1, -0.05) is 37.3 Å². The van der Waals surface area contributed by atoms with Crippen LogP contribution in [0.4, 0.5) is 4.79 Å². The van der Waals surface area contributed by atoms with E-state index in [0.717, 1.165) is 12.8 Å². The second-order valence-electron chi connectivity index (χ2n) is 5.88. The fraction of sp³-hybridized carbons (Fsp3) is 0.533. The number of thioether (sulfide) groups is 1. The normalized spacial score (nSPS) is 19.9. The Kier molecular flexibility index (Phi) is 6.25. The van der Waals surface area contributed by atoms with Crippen LogP contribution in [0, 0.1) is 0 Å². The molecule has 0 bridgehead atoms. The number of rotatable bonds is 6. The number of thiocarbonyl (C=S) groups is 1. The second kappa shape index (κ2) is 8.00. The van der Waals surface area contributed by atoms with E-state index < -0.39 is 16.9 Å². The monoisotopic (exact) mass is 370 g/mol. The van der Waals surface area contributed by atoms with Crippen molar-refractivity contribution >= 4 is 40.5 Å². The fourth-order valence-corrected chi connectivity index (χ4v) is 4.06. The molecule has 0 unspecified atom stereocenters. The van der Waals surface area contributed by atoms with Crippen molar-refractivity contribution in [3.05, 3.63) is 24.2 Å². The summed E-state index contributed by atoms with van der Waals surface area (Å²) in [7, 11) is 0. The average molecular weight is 371 g/mol. The highest BCUT2D eigenvalue weighted by atomic mass is 32.2. The molecule has 1 aromatic heterocycles. The molecule has 2 amide bonds. The molecule has 0 radical (unpaired) electrons. The molecule has 1 saturated heterocycles. The van der Waals surface area contributed by atoms with Gasteiger partial charge in [0, 0.05) is 6.54 Å². The van der Waals surface area contributed by atoms with Crippen LogP contribution in [-0.4, -0.2) is 49.3 Å². The number of furan rings is 1. The summed E-state index contributed by atoms with van der Waals surface area (Å²) in [4.78, 5) is 12.2. The van der Waals surface area contributed by atoms with Gasteiger partial charge >= 0.3 is 6.03 Å². The summed E-state index contributed by atoms with van der Waals surface area (Å²) in [6, 6.07) is 2.94. The van der Waals surface area contributed by atoms with Crippen LogP contribution >= 0.6 is 24.0 Å². The number of amides is 2. The van der Waals surface area contributed by atoms with Gasteiger partial charge in [0.15, 0.2) is 10.5 Å². The number of unbranched alkanes of at least 4 members (excludes halogenated alkanes) is 1. The summed E-state index contributed by atoms with van der Waals surface area (Å²) in [5.41, 5.74) is 0. The second-order valence-corrected chi connectivity index (χ2v) is 8.17. The molecule has 132 valence electrons. The van der Waals surface area contributed by atoms with Crippen molar-refractivity contribution in [2.45, 2.75) is 44.5 Å².